The third-order valence-corrected chi connectivity index (χ3v) is 5.25. The van der Waals surface area contributed by atoms with E-state index >= 15 is 0 Å². The zero-order valence-corrected chi connectivity index (χ0v) is 16.4. The van der Waals surface area contributed by atoms with Crippen LogP contribution in [0.3, 0.4) is 0 Å². The molecule has 5 rings (SSSR count). The molecule has 2 aromatic carbocycles. The molecule has 152 valence electrons. The van der Waals surface area contributed by atoms with Crippen molar-refractivity contribution in [2.45, 2.75) is 6.61 Å². The Balaban J connectivity index is 1.31. The van der Waals surface area contributed by atoms with Crippen molar-refractivity contribution in [2.24, 2.45) is 0 Å². The quantitative estimate of drug-likeness (QED) is 0.531. The number of aromatic amines is 1. The summed E-state index contributed by atoms with van der Waals surface area (Å²) in [4.78, 5) is 15.0. The number of nitrogens with one attached hydrogen (secondary N) is 2. The average molecular weight is 403 g/mol. The SMILES string of the molecule is Fc1ccccc1COc1ccc(-c2nc3nc(N4CCNCC4)ccc3[nH]2)cc1. The maximum absolute atomic E-state index is 13.7. The Morgan fingerprint density at radius 1 is 0.933 bits per heavy atom. The Labute approximate surface area is 173 Å². The second-order valence-electron chi connectivity index (χ2n) is 7.27. The molecule has 0 radical (unpaired) electrons. The molecule has 1 saturated heterocycles. The molecule has 0 atom stereocenters. The summed E-state index contributed by atoms with van der Waals surface area (Å²) in [6, 6.07) is 18.3. The Hall–Kier alpha value is -3.45. The van der Waals surface area contributed by atoms with Gasteiger partial charge in [-0.15, -0.1) is 0 Å². The van der Waals surface area contributed by atoms with E-state index < -0.39 is 0 Å². The number of ether oxygens (including phenoxy) is 1. The standard InChI is InChI=1S/C23H22FN5O/c24-19-4-2-1-3-17(19)15-30-18-7-5-16(6-8-18)22-26-20-9-10-21(27-23(20)28-22)29-13-11-25-12-14-29/h1-10,25H,11-15H2,(H,26,27,28). The summed E-state index contributed by atoms with van der Waals surface area (Å²) in [5.41, 5.74) is 3.09. The zero-order valence-electron chi connectivity index (χ0n) is 16.4. The van der Waals surface area contributed by atoms with Gasteiger partial charge < -0.3 is 19.9 Å². The Morgan fingerprint density at radius 3 is 2.53 bits per heavy atom. The molecule has 0 saturated carbocycles. The second kappa shape index (κ2) is 8.12. The molecule has 0 unspecified atom stereocenters. The van der Waals surface area contributed by atoms with Crippen molar-refractivity contribution in [3.05, 3.63) is 72.0 Å². The fourth-order valence-corrected chi connectivity index (χ4v) is 3.57. The van der Waals surface area contributed by atoms with Gasteiger partial charge in [0.05, 0.1) is 5.52 Å². The Kier molecular flexibility index (Phi) is 5.03. The number of hydrogen-bond acceptors (Lipinski definition) is 5. The van der Waals surface area contributed by atoms with Crippen LogP contribution in [0.4, 0.5) is 10.2 Å². The van der Waals surface area contributed by atoms with E-state index in [-0.39, 0.29) is 12.4 Å². The van der Waals surface area contributed by atoms with Crippen LogP contribution in [0.15, 0.2) is 60.7 Å². The highest BCUT2D eigenvalue weighted by Crippen LogP contribution is 2.24. The van der Waals surface area contributed by atoms with Crippen LogP contribution >= 0.6 is 0 Å². The van der Waals surface area contributed by atoms with Crippen LogP contribution in [0, 0.1) is 5.82 Å². The van der Waals surface area contributed by atoms with E-state index in [1.54, 1.807) is 18.2 Å². The highest BCUT2D eigenvalue weighted by Gasteiger charge is 2.14. The fraction of sp³-hybridized carbons (Fsp3) is 0.217. The highest BCUT2D eigenvalue weighted by atomic mass is 19.1. The maximum Gasteiger partial charge on any atom is 0.180 e. The summed E-state index contributed by atoms with van der Waals surface area (Å²) >= 11 is 0. The van der Waals surface area contributed by atoms with E-state index in [0.29, 0.717) is 17.0 Å². The minimum absolute atomic E-state index is 0.190. The lowest BCUT2D eigenvalue weighted by atomic mass is 10.2. The third-order valence-electron chi connectivity index (χ3n) is 5.25. The van der Waals surface area contributed by atoms with Gasteiger partial charge in [-0.2, -0.15) is 0 Å². The normalized spacial score (nSPS) is 14.2. The zero-order chi connectivity index (χ0) is 20.3. The van der Waals surface area contributed by atoms with Gasteiger partial charge in [0.25, 0.3) is 0 Å². The van der Waals surface area contributed by atoms with Gasteiger partial charge in [0, 0.05) is 37.3 Å². The van der Waals surface area contributed by atoms with Crippen molar-refractivity contribution in [2.75, 3.05) is 31.1 Å². The van der Waals surface area contributed by atoms with Gasteiger partial charge in [-0.1, -0.05) is 18.2 Å². The molecular formula is C23H22FN5O. The number of fused-ring (bicyclic) bond motifs is 1. The first-order valence-corrected chi connectivity index (χ1v) is 10.1. The van der Waals surface area contributed by atoms with E-state index in [9.17, 15) is 4.39 Å². The van der Waals surface area contributed by atoms with Crippen LogP contribution in [0.5, 0.6) is 5.75 Å². The summed E-state index contributed by atoms with van der Waals surface area (Å²) in [5.74, 6) is 2.14. The first kappa shape index (κ1) is 18.6. The van der Waals surface area contributed by atoms with Gasteiger partial charge in [-0.25, -0.2) is 14.4 Å². The first-order valence-electron chi connectivity index (χ1n) is 10.1. The fourth-order valence-electron chi connectivity index (χ4n) is 3.57. The van der Waals surface area contributed by atoms with Crippen LogP contribution in [0.25, 0.3) is 22.6 Å². The third kappa shape index (κ3) is 3.84. The molecule has 0 bridgehead atoms. The molecule has 1 fully saturated rings. The number of pyridine rings is 1. The number of H-pyrrole nitrogens is 1. The van der Waals surface area contributed by atoms with Crippen molar-refractivity contribution in [3.8, 4) is 17.1 Å². The molecule has 1 aliphatic rings. The molecule has 0 aliphatic carbocycles. The molecule has 3 heterocycles. The number of anilines is 1. The minimum atomic E-state index is -0.260. The summed E-state index contributed by atoms with van der Waals surface area (Å²) in [6.07, 6.45) is 0. The topological polar surface area (TPSA) is 66.1 Å². The van der Waals surface area contributed by atoms with Gasteiger partial charge in [0.1, 0.15) is 29.8 Å². The number of piperazine rings is 1. The smallest absolute Gasteiger partial charge is 0.180 e. The molecule has 4 aromatic rings. The molecule has 2 N–H and O–H groups in total. The largest absolute Gasteiger partial charge is 0.489 e. The number of imidazole rings is 1. The van der Waals surface area contributed by atoms with Gasteiger partial charge in [-0.05, 0) is 42.5 Å². The van der Waals surface area contributed by atoms with Crippen LogP contribution in [-0.4, -0.2) is 41.1 Å². The molecule has 2 aromatic heterocycles. The van der Waals surface area contributed by atoms with Crippen LogP contribution in [0.1, 0.15) is 5.56 Å². The maximum atomic E-state index is 13.7. The Morgan fingerprint density at radius 2 is 1.73 bits per heavy atom. The molecule has 7 heteroatoms. The van der Waals surface area contributed by atoms with E-state index in [1.165, 1.54) is 6.07 Å². The van der Waals surface area contributed by atoms with Crippen molar-refractivity contribution in [1.29, 1.82) is 0 Å². The monoisotopic (exact) mass is 403 g/mol. The van der Waals surface area contributed by atoms with Crippen molar-refractivity contribution in [1.82, 2.24) is 20.3 Å². The minimum Gasteiger partial charge on any atom is -0.489 e. The summed E-state index contributed by atoms with van der Waals surface area (Å²) in [7, 11) is 0. The average Bonchev–Trinajstić information content (AvgIpc) is 3.23. The predicted octanol–water partition coefficient (Wildman–Crippen LogP) is 3.75. The summed E-state index contributed by atoms with van der Waals surface area (Å²) < 4.78 is 19.4. The van der Waals surface area contributed by atoms with Crippen molar-refractivity contribution >= 4 is 17.0 Å². The van der Waals surface area contributed by atoms with E-state index in [4.69, 9.17) is 9.72 Å². The lowest BCUT2D eigenvalue weighted by molar-refractivity contribution is 0.300. The number of nitrogens with zero attached hydrogens (tertiary/aromatic N) is 3. The number of aromatic nitrogens is 3. The van der Waals surface area contributed by atoms with Gasteiger partial charge in [0.15, 0.2) is 5.65 Å². The van der Waals surface area contributed by atoms with E-state index in [2.05, 4.69) is 20.2 Å². The van der Waals surface area contributed by atoms with Crippen molar-refractivity contribution < 1.29 is 9.13 Å². The molecule has 0 amide bonds. The molecule has 0 spiro atoms. The van der Waals surface area contributed by atoms with Gasteiger partial charge >= 0.3 is 0 Å². The lowest BCUT2D eigenvalue weighted by Gasteiger charge is -2.28. The van der Waals surface area contributed by atoms with Gasteiger partial charge in [-0.3, -0.25) is 0 Å². The second-order valence-corrected chi connectivity index (χ2v) is 7.27. The van der Waals surface area contributed by atoms with E-state index in [1.807, 2.05) is 36.4 Å². The summed E-state index contributed by atoms with van der Waals surface area (Å²) in [5, 5.41) is 3.35. The number of hydrogen-bond donors (Lipinski definition) is 2. The molecule has 6 nitrogen and oxygen atoms in total. The molecule has 1 aliphatic heterocycles. The number of benzene rings is 2. The predicted molar refractivity (Wildman–Crippen MR) is 115 cm³/mol. The summed E-state index contributed by atoms with van der Waals surface area (Å²) in [6.45, 7) is 4.03. The number of halogens is 1. The Bertz CT molecular complexity index is 1150. The first-order chi connectivity index (χ1) is 14.8. The van der Waals surface area contributed by atoms with E-state index in [0.717, 1.165) is 48.9 Å². The highest BCUT2D eigenvalue weighted by molar-refractivity contribution is 5.77. The molecule has 30 heavy (non-hydrogen) atoms. The van der Waals surface area contributed by atoms with Crippen molar-refractivity contribution in [3.63, 3.8) is 0 Å². The number of rotatable bonds is 5. The van der Waals surface area contributed by atoms with Crippen LogP contribution in [-0.2, 0) is 6.61 Å². The lowest BCUT2D eigenvalue weighted by Crippen LogP contribution is -2.43. The van der Waals surface area contributed by atoms with Crippen LogP contribution < -0.4 is 15.0 Å². The van der Waals surface area contributed by atoms with Crippen LogP contribution in [0.2, 0.25) is 0 Å². The molecular weight excluding hydrogens is 381 g/mol. The van der Waals surface area contributed by atoms with Gasteiger partial charge in [0.2, 0.25) is 0 Å².